The molecule has 2 heterocycles. The van der Waals surface area contributed by atoms with E-state index in [1.165, 1.54) is 24.3 Å². The van der Waals surface area contributed by atoms with E-state index in [-0.39, 0.29) is 36.0 Å². The quantitative estimate of drug-likeness (QED) is 0.757. The molecule has 0 saturated carbocycles. The van der Waals surface area contributed by atoms with Crippen molar-refractivity contribution < 1.29 is 14.0 Å². The molecule has 0 saturated heterocycles. The predicted molar refractivity (Wildman–Crippen MR) is 102 cm³/mol. The molecule has 1 aromatic carbocycles. The van der Waals surface area contributed by atoms with Crippen molar-refractivity contribution in [3.05, 3.63) is 47.7 Å². The van der Waals surface area contributed by atoms with Crippen LogP contribution in [0, 0.1) is 5.82 Å². The summed E-state index contributed by atoms with van der Waals surface area (Å²) in [6, 6.07) is 5.20. The average molecular weight is 370 g/mol. The number of ketones is 1. The standard InChI is InChI=1S/C20H23FN4O2/c1-5-15-20(27)24(4)16-11-22-18(23-19(16)25(15)12(2)3)10-17(26)13-6-8-14(21)9-7-13/h6-9,11-12,15H,5,10H2,1-4H3/t15-/m1/s1. The van der Waals surface area contributed by atoms with Crippen LogP contribution < -0.4 is 9.80 Å². The van der Waals surface area contributed by atoms with Gasteiger partial charge in [-0.15, -0.1) is 0 Å². The smallest absolute Gasteiger partial charge is 0.249 e. The van der Waals surface area contributed by atoms with E-state index in [9.17, 15) is 14.0 Å². The molecular formula is C20H23FN4O2. The van der Waals surface area contributed by atoms with E-state index in [0.29, 0.717) is 29.3 Å². The first-order chi connectivity index (χ1) is 12.8. The van der Waals surface area contributed by atoms with Crippen LogP contribution in [0.15, 0.2) is 30.5 Å². The number of aromatic nitrogens is 2. The number of benzene rings is 1. The lowest BCUT2D eigenvalue weighted by molar-refractivity contribution is -0.120. The Morgan fingerprint density at radius 3 is 2.52 bits per heavy atom. The fourth-order valence-electron chi connectivity index (χ4n) is 3.38. The number of amides is 1. The Hall–Kier alpha value is -2.83. The fourth-order valence-corrected chi connectivity index (χ4v) is 3.38. The van der Waals surface area contributed by atoms with E-state index in [0.717, 1.165) is 0 Å². The van der Waals surface area contributed by atoms with Gasteiger partial charge >= 0.3 is 0 Å². The highest BCUT2D eigenvalue weighted by Gasteiger charge is 2.38. The van der Waals surface area contributed by atoms with Crippen LogP contribution in [-0.4, -0.2) is 40.8 Å². The van der Waals surface area contributed by atoms with E-state index in [1.54, 1.807) is 18.1 Å². The number of fused-ring (bicyclic) bond motifs is 1. The molecule has 0 spiro atoms. The molecule has 0 radical (unpaired) electrons. The van der Waals surface area contributed by atoms with Crippen LogP contribution in [0.1, 0.15) is 43.4 Å². The molecule has 0 unspecified atom stereocenters. The number of nitrogens with zero attached hydrogens (tertiary/aromatic N) is 4. The number of hydrogen-bond donors (Lipinski definition) is 0. The molecule has 0 N–H and O–H groups in total. The molecule has 1 aromatic heterocycles. The van der Waals surface area contributed by atoms with Crippen molar-refractivity contribution in [2.45, 2.75) is 45.7 Å². The number of anilines is 2. The number of hydrogen-bond acceptors (Lipinski definition) is 5. The molecule has 1 aliphatic rings. The minimum atomic E-state index is -0.387. The minimum absolute atomic E-state index is 0.0115. The van der Waals surface area contributed by atoms with Gasteiger partial charge in [0, 0.05) is 18.7 Å². The summed E-state index contributed by atoms with van der Waals surface area (Å²) in [7, 11) is 1.72. The highest BCUT2D eigenvalue weighted by Crippen LogP contribution is 2.35. The number of rotatable bonds is 5. The SMILES string of the molecule is CC[C@@H]1C(=O)N(C)c2cnc(CC(=O)c3ccc(F)cc3)nc2N1C(C)C. The van der Waals surface area contributed by atoms with Crippen LogP contribution in [0.25, 0.3) is 0 Å². The second-order valence-electron chi connectivity index (χ2n) is 6.92. The molecule has 2 aromatic rings. The van der Waals surface area contributed by atoms with Crippen LogP contribution in [0.5, 0.6) is 0 Å². The molecule has 0 fully saturated rings. The Balaban J connectivity index is 1.95. The lowest BCUT2D eigenvalue weighted by Gasteiger charge is -2.42. The molecule has 1 aliphatic heterocycles. The summed E-state index contributed by atoms with van der Waals surface area (Å²) >= 11 is 0. The number of Topliss-reactive ketones (excluding diaryl/α,β-unsaturated/α-hetero) is 1. The largest absolute Gasteiger partial charge is 0.340 e. The van der Waals surface area contributed by atoms with E-state index in [4.69, 9.17) is 0 Å². The van der Waals surface area contributed by atoms with Crippen molar-refractivity contribution in [3.8, 4) is 0 Å². The number of halogens is 1. The topological polar surface area (TPSA) is 66.4 Å². The highest BCUT2D eigenvalue weighted by molar-refractivity contribution is 6.04. The first-order valence-electron chi connectivity index (χ1n) is 9.04. The average Bonchev–Trinajstić information content (AvgIpc) is 2.64. The Bertz CT molecular complexity index is 867. The summed E-state index contributed by atoms with van der Waals surface area (Å²) < 4.78 is 13.0. The molecular weight excluding hydrogens is 347 g/mol. The summed E-state index contributed by atoms with van der Waals surface area (Å²) in [5, 5.41) is 0. The third-order valence-corrected chi connectivity index (χ3v) is 4.79. The summed E-state index contributed by atoms with van der Waals surface area (Å²) in [6.07, 6.45) is 2.27. The monoisotopic (exact) mass is 370 g/mol. The van der Waals surface area contributed by atoms with E-state index in [2.05, 4.69) is 9.97 Å². The minimum Gasteiger partial charge on any atom is -0.340 e. The molecule has 7 heteroatoms. The van der Waals surface area contributed by atoms with Crippen molar-refractivity contribution in [2.24, 2.45) is 0 Å². The van der Waals surface area contributed by atoms with Crippen LogP contribution >= 0.6 is 0 Å². The fraction of sp³-hybridized carbons (Fsp3) is 0.400. The van der Waals surface area contributed by atoms with E-state index in [1.807, 2.05) is 25.7 Å². The number of likely N-dealkylation sites (N-methyl/N-ethyl adjacent to an activating group) is 1. The molecule has 1 amide bonds. The maximum atomic E-state index is 13.0. The van der Waals surface area contributed by atoms with Gasteiger partial charge in [0.05, 0.1) is 12.6 Å². The van der Waals surface area contributed by atoms with Crippen molar-refractivity contribution in [3.63, 3.8) is 0 Å². The maximum Gasteiger partial charge on any atom is 0.249 e. The molecule has 27 heavy (non-hydrogen) atoms. The molecule has 142 valence electrons. The summed E-state index contributed by atoms with van der Waals surface area (Å²) in [5.41, 5.74) is 1.05. The van der Waals surface area contributed by atoms with Gasteiger partial charge in [0.1, 0.15) is 23.4 Å². The summed E-state index contributed by atoms with van der Waals surface area (Å²) in [4.78, 5) is 37.6. The normalized spacial score (nSPS) is 16.7. The van der Waals surface area contributed by atoms with Crippen LogP contribution in [-0.2, 0) is 11.2 Å². The first kappa shape index (κ1) is 18.9. The van der Waals surface area contributed by atoms with Gasteiger partial charge in [-0.3, -0.25) is 9.59 Å². The third kappa shape index (κ3) is 3.54. The van der Waals surface area contributed by atoms with Gasteiger partial charge in [-0.1, -0.05) is 6.92 Å². The number of carbonyl (C=O) groups is 2. The van der Waals surface area contributed by atoms with Crippen molar-refractivity contribution in [1.29, 1.82) is 0 Å². The molecule has 0 aliphatic carbocycles. The van der Waals surface area contributed by atoms with Gasteiger partial charge in [-0.25, -0.2) is 14.4 Å². The van der Waals surface area contributed by atoms with Crippen LogP contribution in [0.3, 0.4) is 0 Å². The zero-order valence-electron chi connectivity index (χ0n) is 15.9. The lowest BCUT2D eigenvalue weighted by Crippen LogP contribution is -2.55. The molecule has 6 nitrogen and oxygen atoms in total. The van der Waals surface area contributed by atoms with Crippen LogP contribution in [0.4, 0.5) is 15.9 Å². The highest BCUT2D eigenvalue weighted by atomic mass is 19.1. The predicted octanol–water partition coefficient (Wildman–Crippen LogP) is 3.01. The van der Waals surface area contributed by atoms with Gasteiger partial charge in [-0.05, 0) is 44.5 Å². The third-order valence-electron chi connectivity index (χ3n) is 4.79. The molecule has 1 atom stereocenters. The Kier molecular flexibility index (Phi) is 5.21. The Morgan fingerprint density at radius 2 is 1.93 bits per heavy atom. The van der Waals surface area contributed by atoms with E-state index < -0.39 is 0 Å². The van der Waals surface area contributed by atoms with Crippen molar-refractivity contribution in [1.82, 2.24) is 9.97 Å². The van der Waals surface area contributed by atoms with Crippen molar-refractivity contribution >= 4 is 23.2 Å². The zero-order valence-corrected chi connectivity index (χ0v) is 15.9. The second-order valence-corrected chi connectivity index (χ2v) is 6.92. The first-order valence-corrected chi connectivity index (χ1v) is 9.04. The Morgan fingerprint density at radius 1 is 1.26 bits per heavy atom. The van der Waals surface area contributed by atoms with Gasteiger partial charge in [-0.2, -0.15) is 0 Å². The van der Waals surface area contributed by atoms with Gasteiger partial charge in [0.25, 0.3) is 0 Å². The number of carbonyl (C=O) groups excluding carboxylic acids is 2. The van der Waals surface area contributed by atoms with Gasteiger partial charge in [0.2, 0.25) is 5.91 Å². The van der Waals surface area contributed by atoms with Gasteiger partial charge < -0.3 is 9.80 Å². The summed E-state index contributed by atoms with van der Waals surface area (Å²) in [6.45, 7) is 5.99. The maximum absolute atomic E-state index is 13.0. The van der Waals surface area contributed by atoms with E-state index >= 15 is 0 Å². The Labute approximate surface area is 158 Å². The summed E-state index contributed by atoms with van der Waals surface area (Å²) in [5.74, 6) is 0.486. The van der Waals surface area contributed by atoms with Crippen LogP contribution in [0.2, 0.25) is 0 Å². The lowest BCUT2D eigenvalue weighted by atomic mass is 10.0. The van der Waals surface area contributed by atoms with Crippen molar-refractivity contribution in [2.75, 3.05) is 16.8 Å². The second kappa shape index (κ2) is 7.42. The van der Waals surface area contributed by atoms with Gasteiger partial charge in [0.15, 0.2) is 11.6 Å². The zero-order chi connectivity index (χ0) is 19.7. The molecule has 3 rings (SSSR count). The molecule has 0 bridgehead atoms.